The number of amides is 1. The zero-order chi connectivity index (χ0) is 12.9. The minimum atomic E-state index is -0.597. The van der Waals surface area contributed by atoms with Gasteiger partial charge in [-0.05, 0) is 6.42 Å². The summed E-state index contributed by atoms with van der Waals surface area (Å²) in [6.07, 6.45) is 6.58. The highest BCUT2D eigenvalue weighted by Gasteiger charge is 2.17. The van der Waals surface area contributed by atoms with Crippen molar-refractivity contribution in [3.8, 4) is 0 Å². The molecule has 0 spiro atoms. The standard InChI is InChI=1S/C12H26N2O3/c1-3-4-5-6-7-8-9-17-11(10-16-2)12(15)14-13/h11H,3-10,13H2,1-2H3,(H,14,15). The smallest absolute Gasteiger partial charge is 0.265 e. The van der Waals surface area contributed by atoms with Gasteiger partial charge in [-0.3, -0.25) is 10.2 Å². The van der Waals surface area contributed by atoms with Gasteiger partial charge in [0, 0.05) is 13.7 Å². The van der Waals surface area contributed by atoms with Crippen LogP contribution >= 0.6 is 0 Å². The van der Waals surface area contributed by atoms with E-state index in [2.05, 4.69) is 12.3 Å². The number of carbonyl (C=O) groups excluding carboxylic acids is 1. The minimum absolute atomic E-state index is 0.235. The zero-order valence-corrected chi connectivity index (χ0v) is 11.0. The van der Waals surface area contributed by atoms with E-state index in [-0.39, 0.29) is 12.5 Å². The lowest BCUT2D eigenvalue weighted by Crippen LogP contribution is -2.42. The number of hydrogen-bond acceptors (Lipinski definition) is 4. The first-order valence-electron chi connectivity index (χ1n) is 6.37. The number of hydrogen-bond donors (Lipinski definition) is 2. The summed E-state index contributed by atoms with van der Waals surface area (Å²) in [5.74, 6) is 4.72. The summed E-state index contributed by atoms with van der Waals surface area (Å²) in [7, 11) is 1.53. The fourth-order valence-electron chi connectivity index (χ4n) is 1.55. The SMILES string of the molecule is CCCCCCCCOC(COC)C(=O)NN. The van der Waals surface area contributed by atoms with E-state index in [1.165, 1.54) is 32.8 Å². The number of nitrogens with two attached hydrogens (primary N) is 1. The average molecular weight is 246 g/mol. The predicted octanol–water partition coefficient (Wildman–Crippen LogP) is 1.37. The van der Waals surface area contributed by atoms with Gasteiger partial charge < -0.3 is 9.47 Å². The van der Waals surface area contributed by atoms with Gasteiger partial charge >= 0.3 is 0 Å². The lowest BCUT2D eigenvalue weighted by atomic mass is 10.1. The van der Waals surface area contributed by atoms with Gasteiger partial charge in [0.15, 0.2) is 6.10 Å². The molecular formula is C12H26N2O3. The number of ether oxygens (including phenoxy) is 2. The molecule has 0 aliphatic rings. The first-order valence-corrected chi connectivity index (χ1v) is 6.37. The molecule has 0 bridgehead atoms. The molecule has 5 nitrogen and oxygen atoms in total. The summed E-state index contributed by atoms with van der Waals surface area (Å²) >= 11 is 0. The average Bonchev–Trinajstić information content (AvgIpc) is 2.35. The Balaban J connectivity index is 3.51. The van der Waals surface area contributed by atoms with Crippen molar-refractivity contribution in [2.45, 2.75) is 51.6 Å². The van der Waals surface area contributed by atoms with Gasteiger partial charge in [-0.2, -0.15) is 0 Å². The van der Waals surface area contributed by atoms with E-state index in [0.717, 1.165) is 12.8 Å². The molecule has 0 aromatic rings. The molecule has 3 N–H and O–H groups in total. The first-order chi connectivity index (χ1) is 8.26. The molecule has 0 saturated heterocycles. The Morgan fingerprint density at radius 1 is 1.24 bits per heavy atom. The van der Waals surface area contributed by atoms with Gasteiger partial charge in [-0.25, -0.2) is 5.84 Å². The molecule has 0 rings (SSSR count). The maximum atomic E-state index is 11.3. The third-order valence-corrected chi connectivity index (χ3v) is 2.57. The van der Waals surface area contributed by atoms with Crippen molar-refractivity contribution >= 4 is 5.91 Å². The molecule has 5 heteroatoms. The molecule has 0 radical (unpaired) electrons. The monoisotopic (exact) mass is 246 g/mol. The van der Waals surface area contributed by atoms with E-state index in [0.29, 0.717) is 6.61 Å². The third-order valence-electron chi connectivity index (χ3n) is 2.57. The normalized spacial score (nSPS) is 12.4. The number of carbonyl (C=O) groups is 1. The second-order valence-electron chi connectivity index (χ2n) is 4.09. The topological polar surface area (TPSA) is 73.6 Å². The van der Waals surface area contributed by atoms with Crippen LogP contribution in [0.2, 0.25) is 0 Å². The Morgan fingerprint density at radius 2 is 1.88 bits per heavy atom. The number of methoxy groups -OCH3 is 1. The molecule has 0 aliphatic heterocycles. The molecule has 102 valence electrons. The van der Waals surface area contributed by atoms with E-state index in [1.54, 1.807) is 0 Å². The molecule has 1 atom stereocenters. The van der Waals surface area contributed by atoms with Crippen molar-refractivity contribution in [2.24, 2.45) is 5.84 Å². The lowest BCUT2D eigenvalue weighted by molar-refractivity contribution is -0.136. The van der Waals surface area contributed by atoms with Crippen LogP contribution in [0, 0.1) is 0 Å². The van der Waals surface area contributed by atoms with Crippen LogP contribution in [0.15, 0.2) is 0 Å². The van der Waals surface area contributed by atoms with Crippen LogP contribution in [0.4, 0.5) is 0 Å². The van der Waals surface area contributed by atoms with E-state index >= 15 is 0 Å². The summed E-state index contributed by atoms with van der Waals surface area (Å²) in [6.45, 7) is 3.01. The van der Waals surface area contributed by atoms with Gasteiger partial charge in [-0.15, -0.1) is 0 Å². The van der Waals surface area contributed by atoms with Crippen LogP contribution in [0.5, 0.6) is 0 Å². The van der Waals surface area contributed by atoms with Crippen molar-refractivity contribution in [2.75, 3.05) is 20.3 Å². The second kappa shape index (κ2) is 11.8. The zero-order valence-electron chi connectivity index (χ0n) is 11.0. The van der Waals surface area contributed by atoms with Crippen LogP contribution in [0.25, 0.3) is 0 Å². The van der Waals surface area contributed by atoms with Crippen molar-refractivity contribution in [1.29, 1.82) is 0 Å². The number of nitrogens with one attached hydrogen (secondary N) is 1. The lowest BCUT2D eigenvalue weighted by Gasteiger charge is -2.15. The molecule has 1 unspecified atom stereocenters. The van der Waals surface area contributed by atoms with Crippen molar-refractivity contribution in [3.63, 3.8) is 0 Å². The molecule has 0 fully saturated rings. The largest absolute Gasteiger partial charge is 0.381 e. The van der Waals surface area contributed by atoms with E-state index in [9.17, 15) is 4.79 Å². The maximum Gasteiger partial charge on any atom is 0.265 e. The van der Waals surface area contributed by atoms with Crippen LogP contribution in [-0.2, 0) is 14.3 Å². The molecule has 1 amide bonds. The molecule has 0 aromatic carbocycles. The third kappa shape index (κ3) is 9.09. The predicted molar refractivity (Wildman–Crippen MR) is 67.3 cm³/mol. The first kappa shape index (κ1) is 16.4. The van der Waals surface area contributed by atoms with Crippen molar-refractivity contribution < 1.29 is 14.3 Å². The van der Waals surface area contributed by atoms with Gasteiger partial charge in [-0.1, -0.05) is 39.0 Å². The Hall–Kier alpha value is -0.650. The highest BCUT2D eigenvalue weighted by Crippen LogP contribution is 2.05. The van der Waals surface area contributed by atoms with Crippen LogP contribution in [0.1, 0.15) is 45.4 Å². The van der Waals surface area contributed by atoms with E-state index in [4.69, 9.17) is 15.3 Å². The Bertz CT molecular complexity index is 189. The molecule has 0 aliphatic carbocycles. The molecule has 17 heavy (non-hydrogen) atoms. The van der Waals surface area contributed by atoms with E-state index in [1.807, 2.05) is 0 Å². The van der Waals surface area contributed by atoms with Gasteiger partial charge in [0.2, 0.25) is 0 Å². The Morgan fingerprint density at radius 3 is 2.47 bits per heavy atom. The second-order valence-corrected chi connectivity index (χ2v) is 4.09. The van der Waals surface area contributed by atoms with Crippen LogP contribution in [-0.4, -0.2) is 32.3 Å². The number of hydrazine groups is 1. The Kier molecular flexibility index (Phi) is 11.4. The van der Waals surface area contributed by atoms with Crippen molar-refractivity contribution in [3.05, 3.63) is 0 Å². The summed E-state index contributed by atoms with van der Waals surface area (Å²) in [6, 6.07) is 0. The van der Waals surface area contributed by atoms with Gasteiger partial charge in [0.1, 0.15) is 0 Å². The van der Waals surface area contributed by atoms with E-state index < -0.39 is 6.10 Å². The minimum Gasteiger partial charge on any atom is -0.381 e. The van der Waals surface area contributed by atoms with Gasteiger partial charge in [0.05, 0.1) is 6.61 Å². The number of unbranched alkanes of at least 4 members (excludes halogenated alkanes) is 5. The van der Waals surface area contributed by atoms with Crippen LogP contribution in [0.3, 0.4) is 0 Å². The summed E-state index contributed by atoms with van der Waals surface area (Å²) in [5, 5.41) is 0. The fourth-order valence-corrected chi connectivity index (χ4v) is 1.55. The molecule has 0 saturated carbocycles. The fraction of sp³-hybridized carbons (Fsp3) is 0.917. The van der Waals surface area contributed by atoms with Gasteiger partial charge in [0.25, 0.3) is 5.91 Å². The maximum absolute atomic E-state index is 11.3. The molecule has 0 aromatic heterocycles. The van der Waals surface area contributed by atoms with Crippen molar-refractivity contribution in [1.82, 2.24) is 5.43 Å². The molecular weight excluding hydrogens is 220 g/mol. The molecule has 0 heterocycles. The highest BCUT2D eigenvalue weighted by molar-refractivity contribution is 5.80. The highest BCUT2D eigenvalue weighted by atomic mass is 16.5. The Labute approximate surface area is 104 Å². The summed E-state index contributed by atoms with van der Waals surface area (Å²) < 4.78 is 10.3. The quantitative estimate of drug-likeness (QED) is 0.250. The number of rotatable bonds is 11. The summed E-state index contributed by atoms with van der Waals surface area (Å²) in [4.78, 5) is 11.3. The summed E-state index contributed by atoms with van der Waals surface area (Å²) in [5.41, 5.74) is 2.07. The van der Waals surface area contributed by atoms with Crippen LogP contribution < -0.4 is 11.3 Å².